The van der Waals surface area contributed by atoms with Gasteiger partial charge in [-0.05, 0) is 56.3 Å². The summed E-state index contributed by atoms with van der Waals surface area (Å²) in [5, 5.41) is 10.9. The molecule has 3 aromatic rings. The highest BCUT2D eigenvalue weighted by Gasteiger charge is 2.08. The summed E-state index contributed by atoms with van der Waals surface area (Å²) in [6.07, 6.45) is 1.89. The van der Waals surface area contributed by atoms with E-state index >= 15 is 0 Å². The van der Waals surface area contributed by atoms with Gasteiger partial charge in [0.25, 0.3) is 0 Å². The number of rotatable bonds is 9. The zero-order valence-electron chi connectivity index (χ0n) is 17.2. The zero-order valence-corrected chi connectivity index (χ0v) is 17.2. The second-order valence-electron chi connectivity index (χ2n) is 7.43. The molecule has 5 heteroatoms. The molecule has 0 spiro atoms. The largest absolute Gasteiger partial charge is 0.497 e. The lowest BCUT2D eigenvalue weighted by atomic mass is 10.1. The molecule has 148 valence electrons. The highest BCUT2D eigenvalue weighted by atomic mass is 16.5. The second-order valence-corrected chi connectivity index (χ2v) is 7.43. The van der Waals surface area contributed by atoms with Crippen LogP contribution in [0.3, 0.4) is 0 Å². The van der Waals surface area contributed by atoms with Crippen LogP contribution in [0.1, 0.15) is 30.5 Å². The van der Waals surface area contributed by atoms with Crippen molar-refractivity contribution >= 4 is 0 Å². The summed E-state index contributed by atoms with van der Waals surface area (Å²) in [5.41, 5.74) is 5.94. The van der Waals surface area contributed by atoms with Crippen molar-refractivity contribution in [1.82, 2.24) is 20.4 Å². The maximum atomic E-state index is 5.24. The molecule has 3 rings (SSSR count). The molecule has 1 aromatic heterocycles. The maximum Gasteiger partial charge on any atom is 0.118 e. The van der Waals surface area contributed by atoms with E-state index in [1.54, 1.807) is 7.11 Å². The van der Waals surface area contributed by atoms with Gasteiger partial charge in [0.05, 0.1) is 19.0 Å². The Kier molecular flexibility index (Phi) is 6.85. The molecule has 0 aliphatic heterocycles. The molecule has 0 atom stereocenters. The van der Waals surface area contributed by atoms with Crippen LogP contribution in [0.5, 0.6) is 5.75 Å². The Bertz CT molecular complexity index is 870. The van der Waals surface area contributed by atoms with Crippen molar-refractivity contribution < 1.29 is 4.74 Å². The van der Waals surface area contributed by atoms with Crippen molar-refractivity contribution in [1.29, 1.82) is 0 Å². The lowest BCUT2D eigenvalue weighted by Crippen LogP contribution is -2.25. The Morgan fingerprint density at radius 1 is 1.07 bits per heavy atom. The van der Waals surface area contributed by atoms with Crippen LogP contribution in [0.25, 0.3) is 11.3 Å². The van der Waals surface area contributed by atoms with Crippen LogP contribution < -0.4 is 10.1 Å². The van der Waals surface area contributed by atoms with Gasteiger partial charge in [-0.3, -0.25) is 10.00 Å². The molecule has 0 amide bonds. The number of aromatic nitrogens is 2. The first-order chi connectivity index (χ1) is 13.6. The fraction of sp³-hybridized carbons (Fsp3) is 0.348. The number of H-pyrrole nitrogens is 1. The minimum absolute atomic E-state index is 0.541. The minimum atomic E-state index is 0.541. The molecular formula is C23H30N4O. The van der Waals surface area contributed by atoms with Crippen molar-refractivity contribution in [3.8, 4) is 17.0 Å². The molecule has 1 heterocycles. The first-order valence-corrected chi connectivity index (χ1v) is 9.72. The van der Waals surface area contributed by atoms with Crippen LogP contribution in [0.4, 0.5) is 0 Å². The number of aromatic amines is 1. The van der Waals surface area contributed by atoms with E-state index in [0.717, 1.165) is 42.2 Å². The Labute approximate surface area is 167 Å². The smallest absolute Gasteiger partial charge is 0.118 e. The zero-order chi connectivity index (χ0) is 19.9. The van der Waals surface area contributed by atoms with E-state index in [4.69, 9.17) is 4.74 Å². The number of methoxy groups -OCH3 is 1. The maximum absolute atomic E-state index is 5.24. The van der Waals surface area contributed by atoms with Crippen molar-refractivity contribution in [3.05, 3.63) is 71.4 Å². The van der Waals surface area contributed by atoms with Gasteiger partial charge in [-0.15, -0.1) is 0 Å². The van der Waals surface area contributed by atoms with E-state index in [2.05, 4.69) is 65.6 Å². The van der Waals surface area contributed by atoms with Gasteiger partial charge in [-0.2, -0.15) is 5.10 Å². The highest BCUT2D eigenvalue weighted by Crippen LogP contribution is 2.23. The van der Waals surface area contributed by atoms with E-state index in [1.165, 1.54) is 11.1 Å². The molecule has 0 aliphatic rings. The van der Waals surface area contributed by atoms with Crippen LogP contribution in [0.15, 0.2) is 54.7 Å². The number of nitrogens with zero attached hydrogens (tertiary/aromatic N) is 2. The average Bonchev–Trinajstić information content (AvgIpc) is 3.17. The second kappa shape index (κ2) is 9.53. The van der Waals surface area contributed by atoms with Gasteiger partial charge in [0.1, 0.15) is 5.75 Å². The van der Waals surface area contributed by atoms with Gasteiger partial charge >= 0.3 is 0 Å². The molecule has 0 unspecified atom stereocenters. The molecule has 5 nitrogen and oxygen atoms in total. The third kappa shape index (κ3) is 5.21. The van der Waals surface area contributed by atoms with E-state index in [9.17, 15) is 0 Å². The predicted molar refractivity (Wildman–Crippen MR) is 114 cm³/mol. The summed E-state index contributed by atoms with van der Waals surface area (Å²) in [5.74, 6) is 0.853. The third-order valence-electron chi connectivity index (χ3n) is 5.05. The lowest BCUT2D eigenvalue weighted by Gasteiger charge is -2.21. The van der Waals surface area contributed by atoms with Crippen LogP contribution >= 0.6 is 0 Å². The number of benzene rings is 2. The number of nitrogens with one attached hydrogen (secondary N) is 2. The summed E-state index contributed by atoms with van der Waals surface area (Å²) in [7, 11) is 3.84. The molecule has 0 radical (unpaired) electrons. The van der Waals surface area contributed by atoms with Gasteiger partial charge in [0, 0.05) is 36.8 Å². The third-order valence-corrected chi connectivity index (χ3v) is 5.05. The van der Waals surface area contributed by atoms with E-state index in [1.807, 2.05) is 30.5 Å². The quantitative estimate of drug-likeness (QED) is 0.585. The van der Waals surface area contributed by atoms with Crippen molar-refractivity contribution in [2.75, 3.05) is 14.2 Å². The monoisotopic (exact) mass is 378 g/mol. The van der Waals surface area contributed by atoms with Gasteiger partial charge in [-0.25, -0.2) is 0 Å². The predicted octanol–water partition coefficient (Wildman–Crippen LogP) is 4.22. The van der Waals surface area contributed by atoms with E-state index in [-0.39, 0.29) is 0 Å². The first kappa shape index (κ1) is 20.1. The summed E-state index contributed by atoms with van der Waals surface area (Å²) in [6, 6.07) is 17.4. The molecular weight excluding hydrogens is 348 g/mol. The summed E-state index contributed by atoms with van der Waals surface area (Å²) in [6.45, 7) is 6.99. The molecule has 2 aromatic carbocycles. The van der Waals surface area contributed by atoms with Crippen molar-refractivity contribution in [2.45, 2.75) is 39.5 Å². The molecule has 0 saturated heterocycles. The van der Waals surface area contributed by atoms with Crippen LogP contribution in [-0.2, 0) is 19.6 Å². The van der Waals surface area contributed by atoms with Crippen LogP contribution in [-0.4, -0.2) is 35.3 Å². The van der Waals surface area contributed by atoms with Gasteiger partial charge in [-0.1, -0.05) is 24.3 Å². The molecule has 0 fully saturated rings. The fourth-order valence-corrected chi connectivity index (χ4v) is 3.10. The van der Waals surface area contributed by atoms with Crippen molar-refractivity contribution in [3.63, 3.8) is 0 Å². The Balaban J connectivity index is 1.59. The van der Waals surface area contributed by atoms with Gasteiger partial charge in [0.2, 0.25) is 0 Å². The average molecular weight is 379 g/mol. The van der Waals surface area contributed by atoms with Crippen LogP contribution in [0, 0.1) is 0 Å². The van der Waals surface area contributed by atoms with Crippen LogP contribution in [0.2, 0.25) is 0 Å². The molecule has 0 aliphatic carbocycles. The first-order valence-electron chi connectivity index (χ1n) is 9.72. The van der Waals surface area contributed by atoms with Gasteiger partial charge in [0.15, 0.2) is 0 Å². The minimum Gasteiger partial charge on any atom is -0.497 e. The number of hydrogen-bond donors (Lipinski definition) is 2. The summed E-state index contributed by atoms with van der Waals surface area (Å²) < 4.78 is 5.24. The van der Waals surface area contributed by atoms with E-state index in [0.29, 0.717) is 6.04 Å². The molecule has 2 N–H and O–H groups in total. The Hall–Kier alpha value is -2.63. The highest BCUT2D eigenvalue weighted by molar-refractivity contribution is 5.63. The summed E-state index contributed by atoms with van der Waals surface area (Å²) in [4.78, 5) is 2.35. The molecule has 0 bridgehead atoms. The number of ether oxygens (including phenoxy) is 1. The molecule has 0 saturated carbocycles. The normalized spacial score (nSPS) is 11.4. The fourth-order valence-electron chi connectivity index (χ4n) is 3.10. The lowest BCUT2D eigenvalue weighted by molar-refractivity contribution is 0.266. The van der Waals surface area contributed by atoms with Crippen molar-refractivity contribution in [2.24, 2.45) is 0 Å². The summed E-state index contributed by atoms with van der Waals surface area (Å²) >= 11 is 0. The SMILES string of the molecule is COc1ccc(-c2[nH]ncc2CNCc2cccc(CN(C)C(C)C)c2)cc1. The standard InChI is InChI=1S/C23H30N4O/c1-17(2)27(3)16-19-7-5-6-18(12-19)13-24-14-21-15-25-26-23(21)20-8-10-22(28-4)11-9-20/h5-12,15,17,24H,13-14,16H2,1-4H3,(H,25,26). The van der Waals surface area contributed by atoms with E-state index < -0.39 is 0 Å². The Morgan fingerprint density at radius 2 is 1.82 bits per heavy atom. The number of hydrogen-bond acceptors (Lipinski definition) is 4. The van der Waals surface area contributed by atoms with Gasteiger partial charge < -0.3 is 10.1 Å². The topological polar surface area (TPSA) is 53.2 Å². The molecule has 28 heavy (non-hydrogen) atoms. The Morgan fingerprint density at radius 3 is 2.54 bits per heavy atom.